The minimum Gasteiger partial charge on any atom is -0.300 e. The van der Waals surface area contributed by atoms with Crippen LogP contribution in [0.1, 0.15) is 59.8 Å². The largest absolute Gasteiger partial charge is 0.300 e. The number of carbonyl (C=O) groups excluding carboxylic acids is 1. The lowest BCUT2D eigenvalue weighted by Gasteiger charge is -2.29. The Morgan fingerprint density at radius 3 is 2.67 bits per heavy atom. The van der Waals surface area contributed by atoms with Crippen molar-refractivity contribution in [1.29, 1.82) is 0 Å². The molecule has 1 heteroatoms. The molecule has 0 saturated carbocycles. The second-order valence-electron chi connectivity index (χ2n) is 5.39. The molecule has 0 heterocycles. The summed E-state index contributed by atoms with van der Waals surface area (Å²) in [5, 5.41) is 0. The van der Waals surface area contributed by atoms with E-state index in [1.807, 2.05) is 0 Å². The van der Waals surface area contributed by atoms with Gasteiger partial charge < -0.3 is 0 Å². The van der Waals surface area contributed by atoms with E-state index in [2.05, 4.69) is 33.8 Å². The van der Waals surface area contributed by atoms with E-state index >= 15 is 0 Å². The molecule has 1 atom stereocenters. The van der Waals surface area contributed by atoms with E-state index in [0.29, 0.717) is 11.7 Å². The fraction of sp³-hybridized carbons (Fsp3) is 0.786. The van der Waals surface area contributed by atoms with E-state index in [-0.39, 0.29) is 5.41 Å². The SMILES string of the molecule is CCCCC(=O)C[C@H]1CC=C(C)C1(C)C. The van der Waals surface area contributed by atoms with Crippen LogP contribution in [-0.4, -0.2) is 5.78 Å². The van der Waals surface area contributed by atoms with Gasteiger partial charge in [0.15, 0.2) is 0 Å². The van der Waals surface area contributed by atoms with E-state index in [1.165, 1.54) is 5.57 Å². The van der Waals surface area contributed by atoms with Crippen molar-refractivity contribution in [3.63, 3.8) is 0 Å². The Hall–Kier alpha value is -0.590. The first-order valence-electron chi connectivity index (χ1n) is 6.17. The fourth-order valence-electron chi connectivity index (χ4n) is 2.29. The molecular formula is C14H24O. The molecule has 1 aliphatic rings. The van der Waals surface area contributed by atoms with Crippen LogP contribution in [0.5, 0.6) is 0 Å². The summed E-state index contributed by atoms with van der Waals surface area (Å²) in [6.45, 7) is 8.86. The Balaban J connectivity index is 2.44. The summed E-state index contributed by atoms with van der Waals surface area (Å²) in [6, 6.07) is 0. The van der Waals surface area contributed by atoms with Gasteiger partial charge in [0.25, 0.3) is 0 Å². The van der Waals surface area contributed by atoms with Crippen molar-refractivity contribution in [1.82, 2.24) is 0 Å². The lowest BCUT2D eigenvalue weighted by molar-refractivity contribution is -0.120. The third kappa shape index (κ3) is 2.93. The Labute approximate surface area is 93.9 Å². The first kappa shape index (κ1) is 12.5. The topological polar surface area (TPSA) is 17.1 Å². The highest BCUT2D eigenvalue weighted by molar-refractivity contribution is 5.78. The van der Waals surface area contributed by atoms with Crippen molar-refractivity contribution < 1.29 is 4.79 Å². The van der Waals surface area contributed by atoms with Gasteiger partial charge in [-0.2, -0.15) is 0 Å². The van der Waals surface area contributed by atoms with Gasteiger partial charge in [-0.15, -0.1) is 0 Å². The molecule has 0 saturated heterocycles. The lowest BCUT2D eigenvalue weighted by Crippen LogP contribution is -2.23. The lowest BCUT2D eigenvalue weighted by atomic mass is 9.75. The second-order valence-corrected chi connectivity index (χ2v) is 5.39. The number of allylic oxidation sites excluding steroid dienone is 2. The monoisotopic (exact) mass is 208 g/mol. The first-order chi connectivity index (χ1) is 6.98. The van der Waals surface area contributed by atoms with E-state index in [0.717, 1.165) is 32.1 Å². The fourth-order valence-corrected chi connectivity index (χ4v) is 2.29. The smallest absolute Gasteiger partial charge is 0.133 e. The maximum atomic E-state index is 11.7. The molecule has 15 heavy (non-hydrogen) atoms. The van der Waals surface area contributed by atoms with Gasteiger partial charge in [0.1, 0.15) is 5.78 Å². The molecule has 0 aromatic rings. The van der Waals surface area contributed by atoms with Crippen molar-refractivity contribution in [3.05, 3.63) is 11.6 Å². The molecule has 0 unspecified atom stereocenters. The van der Waals surface area contributed by atoms with Crippen molar-refractivity contribution in [3.8, 4) is 0 Å². The minimum absolute atomic E-state index is 0.238. The highest BCUT2D eigenvalue weighted by Gasteiger charge is 2.35. The van der Waals surface area contributed by atoms with Gasteiger partial charge in [-0.25, -0.2) is 0 Å². The Bertz CT molecular complexity index is 261. The van der Waals surface area contributed by atoms with Gasteiger partial charge in [-0.1, -0.05) is 38.8 Å². The molecule has 0 spiro atoms. The zero-order valence-electron chi connectivity index (χ0n) is 10.6. The number of hydrogen-bond acceptors (Lipinski definition) is 1. The molecule has 0 aromatic heterocycles. The average molecular weight is 208 g/mol. The van der Waals surface area contributed by atoms with Gasteiger partial charge in [-0.05, 0) is 31.1 Å². The summed E-state index contributed by atoms with van der Waals surface area (Å²) in [5.41, 5.74) is 1.69. The standard InChI is InChI=1S/C14H24O/c1-5-6-7-13(15)10-12-9-8-11(2)14(12,3)4/h8,12H,5-7,9-10H2,1-4H3/t12-/m1/s1. The number of hydrogen-bond donors (Lipinski definition) is 0. The Morgan fingerprint density at radius 2 is 2.20 bits per heavy atom. The summed E-state index contributed by atoms with van der Waals surface area (Å²) in [4.78, 5) is 11.7. The highest BCUT2D eigenvalue weighted by Crippen LogP contribution is 2.44. The molecule has 1 aliphatic carbocycles. The molecule has 1 rings (SSSR count). The summed E-state index contributed by atoms with van der Waals surface area (Å²) >= 11 is 0. The van der Waals surface area contributed by atoms with Gasteiger partial charge >= 0.3 is 0 Å². The van der Waals surface area contributed by atoms with Crippen molar-refractivity contribution in [2.45, 2.75) is 59.8 Å². The molecule has 86 valence electrons. The van der Waals surface area contributed by atoms with Gasteiger partial charge in [0.05, 0.1) is 0 Å². The van der Waals surface area contributed by atoms with Crippen LogP contribution in [0.15, 0.2) is 11.6 Å². The van der Waals surface area contributed by atoms with Crippen LogP contribution in [0.4, 0.5) is 0 Å². The molecule has 0 N–H and O–H groups in total. The van der Waals surface area contributed by atoms with Crippen LogP contribution < -0.4 is 0 Å². The molecule has 0 bridgehead atoms. The molecule has 0 aromatic carbocycles. The second kappa shape index (κ2) is 4.96. The Morgan fingerprint density at radius 1 is 1.53 bits per heavy atom. The first-order valence-corrected chi connectivity index (χ1v) is 6.17. The zero-order chi connectivity index (χ0) is 11.5. The maximum absolute atomic E-state index is 11.7. The van der Waals surface area contributed by atoms with Gasteiger partial charge in [-0.3, -0.25) is 4.79 Å². The summed E-state index contributed by atoms with van der Waals surface area (Å²) in [5.74, 6) is 1.000. The Kier molecular flexibility index (Phi) is 4.12. The normalized spacial score (nSPS) is 24.0. The third-order valence-corrected chi connectivity index (χ3v) is 4.03. The van der Waals surface area contributed by atoms with Crippen LogP contribution in [-0.2, 0) is 4.79 Å². The highest BCUT2D eigenvalue weighted by atomic mass is 16.1. The van der Waals surface area contributed by atoms with Crippen LogP contribution in [0.3, 0.4) is 0 Å². The van der Waals surface area contributed by atoms with E-state index < -0.39 is 0 Å². The number of Topliss-reactive ketones (excluding diaryl/α,β-unsaturated/α-hetero) is 1. The van der Waals surface area contributed by atoms with Crippen LogP contribution in [0.2, 0.25) is 0 Å². The molecule has 0 fully saturated rings. The van der Waals surface area contributed by atoms with Crippen molar-refractivity contribution in [2.75, 3.05) is 0 Å². The molecule has 0 aliphatic heterocycles. The number of unbranched alkanes of at least 4 members (excludes halogenated alkanes) is 1. The van der Waals surface area contributed by atoms with Crippen LogP contribution in [0.25, 0.3) is 0 Å². The summed E-state index contributed by atoms with van der Waals surface area (Å²) in [6.07, 6.45) is 7.13. The molecule has 1 nitrogen and oxygen atoms in total. The number of carbonyl (C=O) groups is 1. The van der Waals surface area contributed by atoms with Gasteiger partial charge in [0.2, 0.25) is 0 Å². The van der Waals surface area contributed by atoms with E-state index in [1.54, 1.807) is 0 Å². The van der Waals surface area contributed by atoms with Crippen LogP contribution in [0, 0.1) is 11.3 Å². The molecule has 0 radical (unpaired) electrons. The number of ketones is 1. The van der Waals surface area contributed by atoms with Crippen molar-refractivity contribution in [2.24, 2.45) is 11.3 Å². The zero-order valence-corrected chi connectivity index (χ0v) is 10.6. The van der Waals surface area contributed by atoms with Gasteiger partial charge in [0, 0.05) is 12.8 Å². The van der Waals surface area contributed by atoms with E-state index in [9.17, 15) is 4.79 Å². The van der Waals surface area contributed by atoms with Crippen molar-refractivity contribution >= 4 is 5.78 Å². The minimum atomic E-state index is 0.238. The predicted molar refractivity (Wildman–Crippen MR) is 64.8 cm³/mol. The average Bonchev–Trinajstić information content (AvgIpc) is 2.42. The van der Waals surface area contributed by atoms with Crippen LogP contribution >= 0.6 is 0 Å². The quantitative estimate of drug-likeness (QED) is 0.621. The molecule has 0 amide bonds. The predicted octanol–water partition coefficient (Wildman–Crippen LogP) is 4.13. The maximum Gasteiger partial charge on any atom is 0.133 e. The molecular weight excluding hydrogens is 184 g/mol. The van der Waals surface area contributed by atoms with E-state index in [4.69, 9.17) is 0 Å². The third-order valence-electron chi connectivity index (χ3n) is 4.03. The summed E-state index contributed by atoms with van der Waals surface area (Å²) in [7, 11) is 0. The number of rotatable bonds is 5. The summed E-state index contributed by atoms with van der Waals surface area (Å²) < 4.78 is 0.